The van der Waals surface area contributed by atoms with Gasteiger partial charge < -0.3 is 5.32 Å². The van der Waals surface area contributed by atoms with Crippen molar-refractivity contribution in [2.45, 2.75) is 43.7 Å². The third-order valence-electron chi connectivity index (χ3n) is 5.67. The Morgan fingerprint density at radius 3 is 2.66 bits per heavy atom. The minimum atomic E-state index is 0.00684. The predicted molar refractivity (Wildman–Crippen MR) is 114 cm³/mol. The minimum Gasteiger partial charge on any atom is -0.354 e. The number of carbonyl (C=O) groups excluding carboxylic acids is 1. The third kappa shape index (κ3) is 4.19. The van der Waals surface area contributed by atoms with Crippen LogP contribution in [-0.2, 0) is 10.2 Å². The Morgan fingerprint density at radius 2 is 1.97 bits per heavy atom. The van der Waals surface area contributed by atoms with Crippen LogP contribution in [0, 0.1) is 13.8 Å². The summed E-state index contributed by atoms with van der Waals surface area (Å²) in [5, 5.41) is 15.7. The van der Waals surface area contributed by atoms with E-state index in [4.69, 9.17) is 0 Å². The average molecular weight is 408 g/mol. The van der Waals surface area contributed by atoms with Crippen LogP contribution >= 0.6 is 11.8 Å². The molecule has 29 heavy (non-hydrogen) atoms. The first kappa shape index (κ1) is 19.6. The molecule has 1 heterocycles. The molecule has 1 aliphatic rings. The van der Waals surface area contributed by atoms with E-state index < -0.39 is 0 Å². The fourth-order valence-electron chi connectivity index (χ4n) is 3.87. The van der Waals surface area contributed by atoms with Gasteiger partial charge in [0.05, 0.1) is 11.4 Å². The summed E-state index contributed by atoms with van der Waals surface area (Å²) in [6, 6.07) is 16.6. The summed E-state index contributed by atoms with van der Waals surface area (Å²) < 4.78 is 1.70. The second-order valence-corrected chi connectivity index (χ2v) is 8.67. The molecule has 1 aromatic heterocycles. The van der Waals surface area contributed by atoms with Gasteiger partial charge in [0.15, 0.2) is 0 Å². The molecule has 6 nitrogen and oxygen atoms in total. The van der Waals surface area contributed by atoms with Crippen molar-refractivity contribution in [2.24, 2.45) is 0 Å². The van der Waals surface area contributed by atoms with E-state index in [1.807, 2.05) is 25.1 Å². The van der Waals surface area contributed by atoms with Crippen molar-refractivity contribution >= 4 is 17.7 Å². The normalized spacial score (nSPS) is 15.0. The molecule has 0 saturated heterocycles. The van der Waals surface area contributed by atoms with Gasteiger partial charge in [-0.1, -0.05) is 66.2 Å². The molecule has 4 rings (SSSR count). The van der Waals surface area contributed by atoms with Crippen LogP contribution in [-0.4, -0.2) is 38.4 Å². The highest BCUT2D eigenvalue weighted by Gasteiger charge is 2.38. The molecule has 1 N–H and O–H groups in total. The molecule has 0 atom stereocenters. The zero-order valence-electron chi connectivity index (χ0n) is 16.8. The molecule has 150 valence electrons. The van der Waals surface area contributed by atoms with E-state index in [1.165, 1.54) is 29.3 Å². The highest BCUT2D eigenvalue weighted by molar-refractivity contribution is 7.99. The lowest BCUT2D eigenvalue weighted by atomic mass is 9.64. The van der Waals surface area contributed by atoms with Crippen LogP contribution in [0.15, 0.2) is 53.7 Å². The summed E-state index contributed by atoms with van der Waals surface area (Å²) in [7, 11) is 0. The average Bonchev–Trinajstić information content (AvgIpc) is 3.15. The highest BCUT2D eigenvalue weighted by atomic mass is 32.2. The molecule has 3 aromatic rings. The maximum absolute atomic E-state index is 12.5. The number of benzene rings is 2. The number of thioether (sulfide) groups is 1. The molecule has 0 radical (unpaired) electrons. The summed E-state index contributed by atoms with van der Waals surface area (Å²) in [6.07, 6.45) is 3.45. The molecule has 1 fully saturated rings. The monoisotopic (exact) mass is 407 g/mol. The van der Waals surface area contributed by atoms with Crippen molar-refractivity contribution in [2.75, 3.05) is 12.3 Å². The number of hydrogen-bond donors (Lipinski definition) is 1. The van der Waals surface area contributed by atoms with Crippen LogP contribution in [0.1, 0.15) is 36.0 Å². The molecular weight excluding hydrogens is 382 g/mol. The Labute approximate surface area is 175 Å². The molecule has 0 aliphatic heterocycles. The molecule has 0 spiro atoms. The van der Waals surface area contributed by atoms with E-state index in [9.17, 15) is 4.79 Å². The first-order valence-corrected chi connectivity index (χ1v) is 10.9. The van der Waals surface area contributed by atoms with E-state index in [2.05, 4.69) is 58.1 Å². The van der Waals surface area contributed by atoms with Crippen molar-refractivity contribution in [3.05, 3.63) is 65.2 Å². The lowest BCUT2D eigenvalue weighted by molar-refractivity contribution is -0.119. The van der Waals surface area contributed by atoms with Crippen molar-refractivity contribution in [3.8, 4) is 5.69 Å². The summed E-state index contributed by atoms with van der Waals surface area (Å²) >= 11 is 1.36. The topological polar surface area (TPSA) is 72.7 Å². The molecule has 1 aliphatic carbocycles. The van der Waals surface area contributed by atoms with Crippen molar-refractivity contribution in [1.82, 2.24) is 25.5 Å². The van der Waals surface area contributed by atoms with Gasteiger partial charge >= 0.3 is 0 Å². The summed E-state index contributed by atoms with van der Waals surface area (Å²) in [5.74, 6) is 0.295. The molecule has 1 amide bonds. The molecule has 2 aromatic carbocycles. The SMILES string of the molecule is Cc1ccc(-n2nnnc2SCC(=O)NCC2(c3ccccc3)CCC2)c(C)c1. The van der Waals surface area contributed by atoms with E-state index in [-0.39, 0.29) is 17.1 Å². The molecule has 7 heteroatoms. The first-order chi connectivity index (χ1) is 14.1. The zero-order valence-corrected chi connectivity index (χ0v) is 17.6. The van der Waals surface area contributed by atoms with Crippen LogP contribution in [0.25, 0.3) is 5.69 Å². The largest absolute Gasteiger partial charge is 0.354 e. The second kappa shape index (κ2) is 8.37. The standard InChI is InChI=1S/C22H25N5OS/c1-16-9-10-19(17(2)13-16)27-21(24-25-26-27)29-14-20(28)23-15-22(11-6-12-22)18-7-4-3-5-8-18/h3-5,7-10,13H,6,11-12,14-15H2,1-2H3,(H,23,28). The lowest BCUT2D eigenvalue weighted by Gasteiger charge is -2.42. The van der Waals surface area contributed by atoms with Crippen LogP contribution in [0.4, 0.5) is 0 Å². The van der Waals surface area contributed by atoms with Crippen LogP contribution < -0.4 is 5.32 Å². The van der Waals surface area contributed by atoms with Gasteiger partial charge in [0.25, 0.3) is 0 Å². The number of hydrogen-bond acceptors (Lipinski definition) is 5. The maximum atomic E-state index is 12.5. The smallest absolute Gasteiger partial charge is 0.230 e. The second-order valence-electron chi connectivity index (χ2n) is 7.73. The van der Waals surface area contributed by atoms with Crippen molar-refractivity contribution < 1.29 is 4.79 Å². The Kier molecular flexibility index (Phi) is 5.67. The van der Waals surface area contributed by atoms with Crippen molar-refractivity contribution in [3.63, 3.8) is 0 Å². The first-order valence-electron chi connectivity index (χ1n) is 9.88. The Morgan fingerprint density at radius 1 is 1.17 bits per heavy atom. The van der Waals surface area contributed by atoms with Gasteiger partial charge in [-0.05, 0) is 54.3 Å². The number of nitrogens with zero attached hydrogens (tertiary/aromatic N) is 4. The number of tetrazole rings is 1. The fourth-order valence-corrected chi connectivity index (χ4v) is 4.59. The van der Waals surface area contributed by atoms with Gasteiger partial charge in [0.1, 0.15) is 0 Å². The predicted octanol–water partition coefficient (Wildman–Crippen LogP) is 3.61. The summed E-state index contributed by atoms with van der Waals surface area (Å²) in [4.78, 5) is 12.5. The number of aryl methyl sites for hydroxylation is 2. The Hall–Kier alpha value is -2.67. The van der Waals surface area contributed by atoms with Crippen LogP contribution in [0.2, 0.25) is 0 Å². The number of rotatable bonds is 7. The van der Waals surface area contributed by atoms with Gasteiger partial charge in [0.2, 0.25) is 11.1 Å². The number of carbonyl (C=O) groups is 1. The molecular formula is C22H25N5OS. The van der Waals surface area contributed by atoms with Gasteiger partial charge in [-0.2, -0.15) is 4.68 Å². The van der Waals surface area contributed by atoms with E-state index >= 15 is 0 Å². The third-order valence-corrected chi connectivity index (χ3v) is 6.59. The van der Waals surface area contributed by atoms with Gasteiger partial charge in [0, 0.05) is 12.0 Å². The molecule has 0 unspecified atom stereocenters. The summed E-state index contributed by atoms with van der Waals surface area (Å²) in [6.45, 7) is 4.77. The van der Waals surface area contributed by atoms with E-state index in [0.29, 0.717) is 11.7 Å². The van der Waals surface area contributed by atoms with Crippen LogP contribution in [0.5, 0.6) is 0 Å². The molecule has 0 bridgehead atoms. The number of aromatic nitrogens is 4. The van der Waals surface area contributed by atoms with E-state index in [1.54, 1.807) is 4.68 Å². The fraction of sp³-hybridized carbons (Fsp3) is 0.364. The van der Waals surface area contributed by atoms with Gasteiger partial charge in [-0.15, -0.1) is 5.10 Å². The quantitative estimate of drug-likeness (QED) is 0.606. The number of nitrogens with one attached hydrogen (secondary N) is 1. The Bertz CT molecular complexity index is 997. The Balaban J connectivity index is 1.37. The maximum Gasteiger partial charge on any atom is 0.230 e. The van der Waals surface area contributed by atoms with Crippen molar-refractivity contribution in [1.29, 1.82) is 0 Å². The zero-order chi connectivity index (χ0) is 20.3. The lowest BCUT2D eigenvalue weighted by Crippen LogP contribution is -2.46. The minimum absolute atomic E-state index is 0.00684. The van der Waals surface area contributed by atoms with Crippen LogP contribution in [0.3, 0.4) is 0 Å². The van der Waals surface area contributed by atoms with Gasteiger partial charge in [-0.3, -0.25) is 4.79 Å². The van der Waals surface area contributed by atoms with Gasteiger partial charge in [-0.25, -0.2) is 0 Å². The number of amides is 1. The van der Waals surface area contributed by atoms with E-state index in [0.717, 1.165) is 24.1 Å². The molecule has 1 saturated carbocycles. The summed E-state index contributed by atoms with van der Waals surface area (Å²) in [5.41, 5.74) is 4.62. The highest BCUT2D eigenvalue weighted by Crippen LogP contribution is 2.43.